The predicted molar refractivity (Wildman–Crippen MR) is 84.4 cm³/mol. The van der Waals surface area contributed by atoms with E-state index in [9.17, 15) is 4.79 Å². The van der Waals surface area contributed by atoms with Gasteiger partial charge in [-0.25, -0.2) is 4.68 Å². The zero-order chi connectivity index (χ0) is 15.4. The predicted octanol–water partition coefficient (Wildman–Crippen LogP) is 2.55. The minimum atomic E-state index is -0.238. The second-order valence-electron chi connectivity index (χ2n) is 5.32. The highest BCUT2D eigenvalue weighted by molar-refractivity contribution is 5.62. The lowest BCUT2D eigenvalue weighted by molar-refractivity contribution is 0.340. The summed E-state index contributed by atoms with van der Waals surface area (Å²) in [4.78, 5) is 12.0. The number of aromatic nitrogens is 2. The van der Waals surface area contributed by atoms with E-state index in [1.165, 1.54) is 4.68 Å². The molecule has 5 heteroatoms. The standard InChI is InChI=1S/C16H21N3O2/c1-4-21-13-7-5-12(6-8-13)15-9-14(17)16(20)19(18-15)10-11(2)3/h5-9,11H,4,10,17H2,1-3H3. The largest absolute Gasteiger partial charge is 0.494 e. The number of hydrogen-bond donors (Lipinski definition) is 1. The fourth-order valence-corrected chi connectivity index (χ4v) is 2.06. The summed E-state index contributed by atoms with van der Waals surface area (Å²) in [6.07, 6.45) is 0. The molecule has 0 spiro atoms. The van der Waals surface area contributed by atoms with Crippen LogP contribution in [0.1, 0.15) is 20.8 Å². The Labute approximate surface area is 124 Å². The number of anilines is 1. The third-order valence-electron chi connectivity index (χ3n) is 3.00. The monoisotopic (exact) mass is 287 g/mol. The molecule has 0 bridgehead atoms. The Balaban J connectivity index is 2.39. The second-order valence-corrected chi connectivity index (χ2v) is 5.32. The van der Waals surface area contributed by atoms with Crippen LogP contribution in [-0.2, 0) is 6.54 Å². The highest BCUT2D eigenvalue weighted by atomic mass is 16.5. The molecule has 112 valence electrons. The van der Waals surface area contributed by atoms with E-state index in [1.807, 2.05) is 45.0 Å². The van der Waals surface area contributed by atoms with Gasteiger partial charge in [-0.05, 0) is 43.2 Å². The van der Waals surface area contributed by atoms with E-state index in [0.717, 1.165) is 11.3 Å². The first-order valence-electron chi connectivity index (χ1n) is 7.12. The maximum Gasteiger partial charge on any atom is 0.289 e. The molecule has 0 saturated carbocycles. The Kier molecular flexibility index (Phi) is 4.62. The fourth-order valence-electron chi connectivity index (χ4n) is 2.06. The van der Waals surface area contributed by atoms with E-state index in [-0.39, 0.29) is 11.2 Å². The smallest absolute Gasteiger partial charge is 0.289 e. The summed E-state index contributed by atoms with van der Waals surface area (Å²) in [5.74, 6) is 1.13. The van der Waals surface area contributed by atoms with E-state index in [2.05, 4.69) is 5.10 Å². The first-order valence-corrected chi connectivity index (χ1v) is 7.12. The van der Waals surface area contributed by atoms with Gasteiger partial charge in [0.2, 0.25) is 0 Å². The normalized spacial score (nSPS) is 10.9. The summed E-state index contributed by atoms with van der Waals surface area (Å²) in [5, 5.41) is 4.40. The van der Waals surface area contributed by atoms with Crippen LogP contribution < -0.4 is 16.0 Å². The molecule has 2 N–H and O–H groups in total. The van der Waals surface area contributed by atoms with Crippen molar-refractivity contribution in [1.29, 1.82) is 0 Å². The molecule has 0 aliphatic heterocycles. The van der Waals surface area contributed by atoms with Gasteiger partial charge in [-0.15, -0.1) is 0 Å². The minimum absolute atomic E-state index is 0.217. The van der Waals surface area contributed by atoms with Crippen LogP contribution in [0.4, 0.5) is 5.69 Å². The van der Waals surface area contributed by atoms with Gasteiger partial charge in [-0.1, -0.05) is 13.8 Å². The van der Waals surface area contributed by atoms with Gasteiger partial charge in [0.25, 0.3) is 5.56 Å². The lowest BCUT2D eigenvalue weighted by Crippen LogP contribution is -2.27. The average Bonchev–Trinajstić information content (AvgIpc) is 2.44. The SMILES string of the molecule is CCOc1ccc(-c2cc(N)c(=O)n(CC(C)C)n2)cc1. The van der Waals surface area contributed by atoms with Crippen LogP contribution in [0, 0.1) is 5.92 Å². The molecule has 2 aromatic rings. The third-order valence-corrected chi connectivity index (χ3v) is 3.00. The second kappa shape index (κ2) is 6.43. The molecule has 1 aromatic carbocycles. The number of nitrogens with zero attached hydrogens (tertiary/aromatic N) is 2. The van der Waals surface area contributed by atoms with Crippen molar-refractivity contribution >= 4 is 5.69 Å². The molecule has 1 aromatic heterocycles. The maximum absolute atomic E-state index is 12.0. The van der Waals surface area contributed by atoms with Gasteiger partial charge in [0.15, 0.2) is 0 Å². The van der Waals surface area contributed by atoms with Gasteiger partial charge in [-0.2, -0.15) is 5.10 Å². The molecule has 0 aliphatic carbocycles. The van der Waals surface area contributed by atoms with Crippen LogP contribution in [0.15, 0.2) is 35.1 Å². The zero-order valence-corrected chi connectivity index (χ0v) is 12.7. The Morgan fingerprint density at radius 1 is 1.29 bits per heavy atom. The number of rotatable bonds is 5. The molecule has 0 unspecified atom stereocenters. The van der Waals surface area contributed by atoms with Gasteiger partial charge < -0.3 is 10.5 Å². The lowest BCUT2D eigenvalue weighted by Gasteiger charge is -2.11. The maximum atomic E-state index is 12.0. The summed E-state index contributed by atoms with van der Waals surface area (Å²) in [6, 6.07) is 9.21. The molecule has 2 rings (SSSR count). The van der Waals surface area contributed by atoms with Gasteiger partial charge in [-0.3, -0.25) is 4.79 Å². The molecule has 0 saturated heterocycles. The lowest BCUT2D eigenvalue weighted by atomic mass is 10.1. The molecule has 0 radical (unpaired) electrons. The van der Waals surface area contributed by atoms with Crippen LogP contribution in [-0.4, -0.2) is 16.4 Å². The Morgan fingerprint density at radius 3 is 2.52 bits per heavy atom. The Hall–Kier alpha value is -2.30. The summed E-state index contributed by atoms with van der Waals surface area (Å²) in [5.41, 5.74) is 7.39. The third kappa shape index (κ3) is 3.62. The molecule has 21 heavy (non-hydrogen) atoms. The van der Waals surface area contributed by atoms with Crippen molar-refractivity contribution in [2.24, 2.45) is 5.92 Å². The fraction of sp³-hybridized carbons (Fsp3) is 0.375. The van der Waals surface area contributed by atoms with E-state index < -0.39 is 0 Å². The first kappa shape index (κ1) is 15.1. The highest BCUT2D eigenvalue weighted by Crippen LogP contribution is 2.21. The summed E-state index contributed by atoms with van der Waals surface area (Å²) in [7, 11) is 0. The van der Waals surface area contributed by atoms with Crippen molar-refractivity contribution < 1.29 is 4.74 Å². The van der Waals surface area contributed by atoms with E-state index >= 15 is 0 Å². The molecule has 0 amide bonds. The summed E-state index contributed by atoms with van der Waals surface area (Å²) < 4.78 is 6.85. The van der Waals surface area contributed by atoms with Crippen LogP contribution in [0.2, 0.25) is 0 Å². The highest BCUT2D eigenvalue weighted by Gasteiger charge is 2.09. The van der Waals surface area contributed by atoms with Gasteiger partial charge in [0, 0.05) is 12.1 Å². The van der Waals surface area contributed by atoms with Crippen molar-refractivity contribution in [3.05, 3.63) is 40.7 Å². The molecule has 0 fully saturated rings. The van der Waals surface area contributed by atoms with Crippen LogP contribution in [0.25, 0.3) is 11.3 Å². The van der Waals surface area contributed by atoms with Crippen molar-refractivity contribution in [1.82, 2.24) is 9.78 Å². The molecule has 5 nitrogen and oxygen atoms in total. The quantitative estimate of drug-likeness (QED) is 0.917. The minimum Gasteiger partial charge on any atom is -0.494 e. The molecule has 0 atom stereocenters. The average molecular weight is 287 g/mol. The van der Waals surface area contributed by atoms with Crippen LogP contribution in [0.5, 0.6) is 5.75 Å². The number of benzene rings is 1. The number of hydrogen-bond acceptors (Lipinski definition) is 4. The molecular weight excluding hydrogens is 266 g/mol. The zero-order valence-electron chi connectivity index (χ0n) is 12.7. The van der Waals surface area contributed by atoms with Gasteiger partial charge in [0.05, 0.1) is 12.3 Å². The van der Waals surface area contributed by atoms with E-state index in [1.54, 1.807) is 6.07 Å². The van der Waals surface area contributed by atoms with Crippen molar-refractivity contribution in [2.75, 3.05) is 12.3 Å². The topological polar surface area (TPSA) is 70.1 Å². The van der Waals surface area contributed by atoms with Crippen molar-refractivity contribution in [3.8, 4) is 17.0 Å². The first-order chi connectivity index (χ1) is 10.0. The van der Waals surface area contributed by atoms with E-state index in [0.29, 0.717) is 24.8 Å². The summed E-state index contributed by atoms with van der Waals surface area (Å²) >= 11 is 0. The summed E-state index contributed by atoms with van der Waals surface area (Å²) in [6.45, 7) is 7.19. The van der Waals surface area contributed by atoms with Crippen LogP contribution in [0.3, 0.4) is 0 Å². The number of nitrogens with two attached hydrogens (primary N) is 1. The number of ether oxygens (including phenoxy) is 1. The van der Waals surface area contributed by atoms with Crippen LogP contribution >= 0.6 is 0 Å². The van der Waals surface area contributed by atoms with Gasteiger partial charge in [0.1, 0.15) is 11.4 Å². The Morgan fingerprint density at radius 2 is 1.95 bits per heavy atom. The molecule has 0 aliphatic rings. The number of nitrogen functional groups attached to an aromatic ring is 1. The van der Waals surface area contributed by atoms with E-state index in [4.69, 9.17) is 10.5 Å². The Bertz CT molecular complexity index is 660. The van der Waals surface area contributed by atoms with Gasteiger partial charge >= 0.3 is 0 Å². The molecule has 1 heterocycles. The molecular formula is C16H21N3O2. The van der Waals surface area contributed by atoms with Crippen molar-refractivity contribution in [3.63, 3.8) is 0 Å². The van der Waals surface area contributed by atoms with Crippen molar-refractivity contribution in [2.45, 2.75) is 27.3 Å².